The van der Waals surface area contributed by atoms with E-state index in [1.165, 1.54) is 12.1 Å². The van der Waals surface area contributed by atoms with Crippen molar-refractivity contribution in [1.29, 1.82) is 0 Å². The fourth-order valence-electron chi connectivity index (χ4n) is 4.57. The third-order valence-corrected chi connectivity index (χ3v) is 8.94. The normalized spacial score (nSPS) is 19.6. The van der Waals surface area contributed by atoms with Crippen LogP contribution >= 0.6 is 0 Å². The van der Waals surface area contributed by atoms with E-state index in [1.807, 2.05) is 27.7 Å². The molecule has 0 aromatic heterocycles. The van der Waals surface area contributed by atoms with Crippen molar-refractivity contribution in [3.63, 3.8) is 0 Å². The zero-order valence-electron chi connectivity index (χ0n) is 23.5. The van der Waals surface area contributed by atoms with Gasteiger partial charge in [0.1, 0.15) is 0 Å². The van der Waals surface area contributed by atoms with E-state index < -0.39 is 37.0 Å². The van der Waals surface area contributed by atoms with Crippen LogP contribution in [-0.4, -0.2) is 60.0 Å². The first-order chi connectivity index (χ1) is 18.3. The topological polar surface area (TPSA) is 162 Å². The van der Waals surface area contributed by atoms with Crippen molar-refractivity contribution in [2.24, 2.45) is 10.5 Å². The quantitative estimate of drug-likeness (QED) is 0.213. The number of nitrogens with zero attached hydrogens (tertiary/aromatic N) is 2. The first-order valence-electron chi connectivity index (χ1n) is 12.6. The molecule has 1 aliphatic rings. The van der Waals surface area contributed by atoms with Crippen LogP contribution in [0.4, 0.5) is 0 Å². The summed E-state index contributed by atoms with van der Waals surface area (Å²) < 4.78 is 64.3. The van der Waals surface area contributed by atoms with Crippen LogP contribution in [0.2, 0.25) is 0 Å². The van der Waals surface area contributed by atoms with Crippen molar-refractivity contribution < 1.29 is 35.8 Å². The highest BCUT2D eigenvalue weighted by molar-refractivity contribution is 7.86. The van der Waals surface area contributed by atoms with Gasteiger partial charge in [-0.3, -0.25) is 18.9 Å². The maximum atomic E-state index is 11.6. The number of carbonyl (C=O) groups is 1. The molecule has 2 rings (SSSR count). The lowest BCUT2D eigenvalue weighted by Crippen LogP contribution is -2.29. The van der Waals surface area contributed by atoms with Crippen molar-refractivity contribution in [2.75, 3.05) is 12.3 Å². The van der Waals surface area contributed by atoms with Crippen molar-refractivity contribution >= 4 is 31.9 Å². The van der Waals surface area contributed by atoms with Gasteiger partial charge < -0.3 is 5.11 Å². The molecule has 1 aromatic rings. The molecule has 10 nitrogen and oxygen atoms in total. The Morgan fingerprint density at radius 2 is 1.77 bits per heavy atom. The molecule has 0 amide bonds. The van der Waals surface area contributed by atoms with E-state index in [2.05, 4.69) is 11.7 Å². The van der Waals surface area contributed by atoms with Gasteiger partial charge in [0.25, 0.3) is 20.2 Å². The van der Waals surface area contributed by atoms with Gasteiger partial charge in [0.2, 0.25) is 0 Å². The Balaban J connectivity index is 2.29. The highest BCUT2D eigenvalue weighted by Gasteiger charge is 2.40. The average molecular weight is 595 g/mol. The van der Waals surface area contributed by atoms with Gasteiger partial charge in [0.15, 0.2) is 0 Å². The van der Waals surface area contributed by atoms with Gasteiger partial charge in [-0.2, -0.15) is 21.9 Å². The predicted molar refractivity (Wildman–Crippen MR) is 155 cm³/mol. The van der Waals surface area contributed by atoms with Gasteiger partial charge in [-0.05, 0) is 68.5 Å². The summed E-state index contributed by atoms with van der Waals surface area (Å²) in [6, 6.07) is 4.43. The van der Waals surface area contributed by atoms with Gasteiger partial charge in [0, 0.05) is 22.2 Å². The summed E-state index contributed by atoms with van der Waals surface area (Å²) >= 11 is 0. The van der Waals surface area contributed by atoms with Crippen molar-refractivity contribution in [1.82, 2.24) is 5.01 Å². The monoisotopic (exact) mass is 594 g/mol. The molecule has 0 spiro atoms. The summed E-state index contributed by atoms with van der Waals surface area (Å²) in [5.74, 6) is -1.36. The van der Waals surface area contributed by atoms with Crippen molar-refractivity contribution in [3.8, 4) is 0 Å². The van der Waals surface area contributed by atoms with Crippen molar-refractivity contribution in [3.05, 3.63) is 77.6 Å². The molecule has 0 saturated carbocycles. The van der Waals surface area contributed by atoms with E-state index in [0.717, 1.165) is 5.56 Å². The zero-order chi connectivity index (χ0) is 30.5. The van der Waals surface area contributed by atoms with Crippen LogP contribution < -0.4 is 0 Å². The first kappa shape index (κ1) is 33.1. The lowest BCUT2D eigenvalue weighted by Gasteiger charge is -2.29. The largest absolute Gasteiger partial charge is 0.481 e. The van der Waals surface area contributed by atoms with E-state index in [4.69, 9.17) is 9.66 Å². The molecule has 0 fully saturated rings. The third-order valence-electron chi connectivity index (χ3n) is 7.29. The number of rotatable bonds is 13. The van der Waals surface area contributed by atoms with Gasteiger partial charge in [-0.25, -0.2) is 0 Å². The summed E-state index contributed by atoms with van der Waals surface area (Å²) in [5, 5.41) is 15.3. The van der Waals surface area contributed by atoms with Crippen LogP contribution in [0.25, 0.3) is 0 Å². The smallest absolute Gasteiger partial charge is 0.305 e. The Morgan fingerprint density at radius 3 is 2.35 bits per heavy atom. The molecular formula is C28H38N2O8S2. The molecule has 1 atom stereocenters. The minimum absolute atomic E-state index is 0.133. The molecule has 0 aliphatic carbocycles. The van der Waals surface area contributed by atoms with Gasteiger partial charge in [0.05, 0.1) is 23.6 Å². The molecule has 0 radical (unpaired) electrons. The summed E-state index contributed by atoms with van der Waals surface area (Å²) in [6.07, 6.45) is 9.33. The van der Waals surface area contributed by atoms with E-state index in [1.54, 1.807) is 48.4 Å². The Labute approximate surface area is 237 Å². The Bertz CT molecular complexity index is 1490. The number of carboxylic acids is 1. The van der Waals surface area contributed by atoms with Gasteiger partial charge >= 0.3 is 5.97 Å². The maximum absolute atomic E-state index is 11.6. The second kappa shape index (κ2) is 12.6. The second-order valence-electron chi connectivity index (χ2n) is 10.6. The Morgan fingerprint density at radius 1 is 1.12 bits per heavy atom. The number of hydrogen-bond acceptors (Lipinski definition) is 7. The predicted octanol–water partition coefficient (Wildman–Crippen LogP) is 4.91. The lowest BCUT2D eigenvalue weighted by molar-refractivity contribution is -0.137. The van der Waals surface area contributed by atoms with Crippen molar-refractivity contribution in [2.45, 2.75) is 64.2 Å². The Kier molecular flexibility index (Phi) is 10.5. The van der Waals surface area contributed by atoms with Gasteiger partial charge in [-0.15, -0.1) is 0 Å². The molecule has 3 N–H and O–H groups in total. The number of hydrogen-bond donors (Lipinski definition) is 3. The number of aliphatic carboxylic acids is 1. The molecule has 1 aliphatic heterocycles. The first-order valence-corrected chi connectivity index (χ1v) is 15.7. The van der Waals surface area contributed by atoms with E-state index in [-0.39, 0.29) is 30.0 Å². The molecular weight excluding hydrogens is 556 g/mol. The van der Waals surface area contributed by atoms with Crippen LogP contribution in [0.5, 0.6) is 0 Å². The van der Waals surface area contributed by atoms with E-state index in [0.29, 0.717) is 29.0 Å². The molecule has 220 valence electrons. The van der Waals surface area contributed by atoms with E-state index >= 15 is 0 Å². The summed E-state index contributed by atoms with van der Waals surface area (Å²) in [4.78, 5) is 11.0. The Hall–Kier alpha value is -3.06. The molecule has 40 heavy (non-hydrogen) atoms. The van der Waals surface area contributed by atoms with Gasteiger partial charge in [-0.1, -0.05) is 50.8 Å². The van der Waals surface area contributed by atoms with E-state index in [9.17, 15) is 26.2 Å². The van der Waals surface area contributed by atoms with Crippen LogP contribution in [0.15, 0.2) is 76.4 Å². The molecule has 0 bridgehead atoms. The average Bonchev–Trinajstić information content (AvgIpc) is 3.05. The molecule has 0 saturated heterocycles. The zero-order valence-corrected chi connectivity index (χ0v) is 25.1. The van der Waals surface area contributed by atoms with Crippen LogP contribution in [0.3, 0.4) is 0 Å². The maximum Gasteiger partial charge on any atom is 0.305 e. The fourth-order valence-corrected chi connectivity index (χ4v) is 5.59. The summed E-state index contributed by atoms with van der Waals surface area (Å²) in [7, 11) is -8.47. The fraction of sp³-hybridized carbons (Fsp3) is 0.429. The molecule has 1 aromatic carbocycles. The minimum atomic E-state index is -4.35. The highest BCUT2D eigenvalue weighted by Crippen LogP contribution is 2.42. The summed E-state index contributed by atoms with van der Waals surface area (Å²) in [5.41, 5.74) is 2.36. The third kappa shape index (κ3) is 8.47. The molecule has 1 heterocycles. The number of benzene rings is 1. The SMILES string of the molecule is C=C(/C=C/C=C/C=C1\N(CCC(=O)O)N=C(C)C1(C)CCCS(=O)(=O)O)C(C)(C)c1cc(S(=O)(=O)O)ccc1C. The lowest BCUT2D eigenvalue weighted by atomic mass is 9.76. The van der Waals surface area contributed by atoms with Crippen LogP contribution in [0, 0.1) is 12.3 Å². The number of allylic oxidation sites excluding steroid dienone is 7. The number of aryl methyl sites for hydroxylation is 1. The highest BCUT2D eigenvalue weighted by atomic mass is 32.2. The van der Waals surface area contributed by atoms with Crippen LogP contribution in [0.1, 0.15) is 58.1 Å². The number of carboxylic acid groups (broad SMARTS) is 1. The van der Waals surface area contributed by atoms with Crippen LogP contribution in [-0.2, 0) is 30.4 Å². The summed E-state index contributed by atoms with van der Waals surface area (Å²) in [6.45, 7) is 13.6. The standard InChI is InChI=1S/C28H38N2O8S2/c1-20-13-14-23(40(36,37)38)19-24(20)27(4,5)21(2)11-8-7-9-12-25-28(6,16-10-18-39(33,34)35)22(3)29-30(25)17-15-26(31)32/h7-9,11-14,19H,2,10,15-18H2,1,3-6H3,(H,31,32)(H,33,34,35)(H,36,37,38)/b9-7+,11-8+,25-12-. The minimum Gasteiger partial charge on any atom is -0.481 e. The number of hydrazone groups is 1. The molecule has 1 unspecified atom stereocenters. The second-order valence-corrected chi connectivity index (χ2v) is 13.6. The molecule has 12 heteroatoms.